The average molecular weight is 331 g/mol. The summed E-state index contributed by atoms with van der Waals surface area (Å²) in [6.07, 6.45) is 2.74. The Morgan fingerprint density at radius 2 is 2.10 bits per heavy atom. The van der Waals surface area contributed by atoms with E-state index in [1.165, 1.54) is 6.42 Å². The average Bonchev–Trinajstić information content (AvgIpc) is 2.89. The second-order valence-electron chi connectivity index (χ2n) is 4.77. The van der Waals surface area contributed by atoms with Crippen LogP contribution < -0.4 is 10.5 Å². The van der Waals surface area contributed by atoms with Gasteiger partial charge in [0.25, 0.3) is 0 Å². The van der Waals surface area contributed by atoms with Gasteiger partial charge in [0, 0.05) is 18.2 Å². The zero-order valence-electron chi connectivity index (χ0n) is 11.0. The number of sulfonamides is 1. The monoisotopic (exact) mass is 330 g/mol. The second kappa shape index (κ2) is 6.89. The van der Waals surface area contributed by atoms with Crippen molar-refractivity contribution < 1.29 is 8.42 Å². The molecule has 7 heteroatoms. The van der Waals surface area contributed by atoms with Gasteiger partial charge in [0.2, 0.25) is 10.0 Å². The number of thioether (sulfide) groups is 1. The standard InChI is InChI=1S/C13H18N2O2S3/c14-13(18)8-10-3-5-12(6-4-10)20(16,17)15-9-11-2-1-7-19-11/h3-6,11,15H,1-2,7-9H2,(H2,14,18). The van der Waals surface area contributed by atoms with E-state index in [0.717, 1.165) is 17.7 Å². The highest BCUT2D eigenvalue weighted by Crippen LogP contribution is 2.25. The molecule has 0 aromatic heterocycles. The fourth-order valence-electron chi connectivity index (χ4n) is 2.08. The minimum absolute atomic E-state index is 0.284. The highest BCUT2D eigenvalue weighted by atomic mass is 32.2. The molecule has 1 heterocycles. The molecule has 0 amide bonds. The zero-order valence-corrected chi connectivity index (χ0v) is 13.5. The molecule has 0 saturated carbocycles. The summed E-state index contributed by atoms with van der Waals surface area (Å²) in [4.78, 5) is 0.684. The van der Waals surface area contributed by atoms with Crippen LogP contribution in [-0.4, -0.2) is 31.0 Å². The third-order valence-corrected chi connectivity index (χ3v) is 6.12. The van der Waals surface area contributed by atoms with Gasteiger partial charge in [-0.3, -0.25) is 0 Å². The molecule has 20 heavy (non-hydrogen) atoms. The molecular formula is C13H18N2O2S3. The van der Waals surface area contributed by atoms with Gasteiger partial charge in [-0.15, -0.1) is 0 Å². The first-order valence-electron chi connectivity index (χ1n) is 6.46. The summed E-state index contributed by atoms with van der Waals surface area (Å²) in [6, 6.07) is 6.69. The van der Waals surface area contributed by atoms with E-state index in [2.05, 4.69) is 4.72 Å². The van der Waals surface area contributed by atoms with Crippen LogP contribution in [-0.2, 0) is 16.4 Å². The summed E-state index contributed by atoms with van der Waals surface area (Å²) in [6.45, 7) is 0.502. The van der Waals surface area contributed by atoms with Crippen molar-refractivity contribution in [1.29, 1.82) is 0 Å². The Morgan fingerprint density at radius 3 is 2.65 bits per heavy atom. The molecule has 0 bridgehead atoms. The maximum atomic E-state index is 12.2. The number of nitrogens with one attached hydrogen (secondary N) is 1. The number of benzene rings is 1. The van der Waals surface area contributed by atoms with Gasteiger partial charge < -0.3 is 5.73 Å². The molecule has 0 spiro atoms. The topological polar surface area (TPSA) is 72.2 Å². The van der Waals surface area contributed by atoms with Crippen molar-refractivity contribution in [2.24, 2.45) is 5.73 Å². The minimum atomic E-state index is -3.42. The Morgan fingerprint density at radius 1 is 1.40 bits per heavy atom. The van der Waals surface area contributed by atoms with Crippen molar-refractivity contribution >= 4 is 39.0 Å². The fourth-order valence-corrected chi connectivity index (χ4v) is 4.63. The Kier molecular flexibility index (Phi) is 5.42. The predicted octanol–water partition coefficient (Wildman–Crippen LogP) is 1.69. The van der Waals surface area contributed by atoms with Crippen molar-refractivity contribution in [3.63, 3.8) is 0 Å². The molecular weight excluding hydrogens is 312 g/mol. The van der Waals surface area contributed by atoms with Gasteiger partial charge in [-0.1, -0.05) is 24.4 Å². The van der Waals surface area contributed by atoms with Crippen LogP contribution in [0.1, 0.15) is 18.4 Å². The summed E-state index contributed by atoms with van der Waals surface area (Å²) in [5.41, 5.74) is 6.38. The normalized spacial score (nSPS) is 19.1. The largest absolute Gasteiger partial charge is 0.393 e. The van der Waals surface area contributed by atoms with Crippen molar-refractivity contribution in [3.8, 4) is 0 Å². The summed E-state index contributed by atoms with van der Waals surface area (Å²) >= 11 is 6.66. The van der Waals surface area contributed by atoms with Gasteiger partial charge in [0.15, 0.2) is 0 Å². The number of hydrogen-bond donors (Lipinski definition) is 2. The second-order valence-corrected chi connectivity index (χ2v) is 8.47. The Hall–Kier alpha value is -0.630. The number of thiocarbonyl (C=S) groups is 1. The van der Waals surface area contributed by atoms with E-state index in [4.69, 9.17) is 18.0 Å². The number of hydrogen-bond acceptors (Lipinski definition) is 4. The predicted molar refractivity (Wildman–Crippen MR) is 87.6 cm³/mol. The van der Waals surface area contributed by atoms with Crippen LogP contribution in [0.5, 0.6) is 0 Å². The van der Waals surface area contributed by atoms with Crippen LogP contribution in [0.3, 0.4) is 0 Å². The number of rotatable bonds is 6. The highest BCUT2D eigenvalue weighted by molar-refractivity contribution is 8.00. The van der Waals surface area contributed by atoms with Crippen molar-refractivity contribution in [1.82, 2.24) is 4.72 Å². The third-order valence-electron chi connectivity index (χ3n) is 3.14. The molecule has 4 nitrogen and oxygen atoms in total. The lowest BCUT2D eigenvalue weighted by Crippen LogP contribution is -2.29. The molecule has 1 fully saturated rings. The van der Waals surface area contributed by atoms with Gasteiger partial charge in [-0.05, 0) is 36.3 Å². The van der Waals surface area contributed by atoms with E-state index in [9.17, 15) is 8.42 Å². The van der Waals surface area contributed by atoms with E-state index < -0.39 is 10.0 Å². The van der Waals surface area contributed by atoms with Crippen LogP contribution in [0.2, 0.25) is 0 Å². The van der Waals surface area contributed by atoms with E-state index in [-0.39, 0.29) is 4.90 Å². The summed E-state index contributed by atoms with van der Waals surface area (Å²) in [5, 5.41) is 0.402. The first-order chi connectivity index (χ1) is 9.47. The first-order valence-corrected chi connectivity index (χ1v) is 9.40. The van der Waals surface area contributed by atoms with Gasteiger partial charge in [0.05, 0.1) is 9.88 Å². The van der Waals surface area contributed by atoms with Crippen LogP contribution in [0.15, 0.2) is 29.2 Å². The van der Waals surface area contributed by atoms with Gasteiger partial charge in [0.1, 0.15) is 0 Å². The van der Waals surface area contributed by atoms with E-state index in [1.54, 1.807) is 24.3 Å². The zero-order chi connectivity index (χ0) is 14.6. The van der Waals surface area contributed by atoms with Crippen molar-refractivity contribution in [3.05, 3.63) is 29.8 Å². The lowest BCUT2D eigenvalue weighted by molar-refractivity contribution is 0.579. The van der Waals surface area contributed by atoms with Crippen molar-refractivity contribution in [2.45, 2.75) is 29.4 Å². The smallest absolute Gasteiger partial charge is 0.240 e. The summed E-state index contributed by atoms with van der Waals surface area (Å²) in [7, 11) is -3.42. The van der Waals surface area contributed by atoms with E-state index in [1.807, 2.05) is 11.8 Å². The molecule has 2 rings (SSSR count). The quantitative estimate of drug-likeness (QED) is 0.777. The Labute approximate surface area is 129 Å². The van der Waals surface area contributed by atoms with Crippen LogP contribution >= 0.6 is 24.0 Å². The first kappa shape index (κ1) is 15.8. The molecule has 1 aliphatic heterocycles. The molecule has 1 aromatic rings. The molecule has 110 valence electrons. The minimum Gasteiger partial charge on any atom is -0.393 e. The summed E-state index contributed by atoms with van der Waals surface area (Å²) < 4.78 is 27.0. The molecule has 1 unspecified atom stereocenters. The molecule has 1 atom stereocenters. The molecule has 3 N–H and O–H groups in total. The molecule has 1 aromatic carbocycles. The third kappa shape index (κ3) is 4.44. The molecule has 0 aliphatic carbocycles. The number of nitrogens with two attached hydrogens (primary N) is 1. The lowest BCUT2D eigenvalue weighted by Gasteiger charge is -2.11. The van der Waals surface area contributed by atoms with Crippen LogP contribution in [0.4, 0.5) is 0 Å². The molecule has 1 aliphatic rings. The Balaban J connectivity index is 1.99. The maximum Gasteiger partial charge on any atom is 0.240 e. The highest BCUT2D eigenvalue weighted by Gasteiger charge is 2.20. The lowest BCUT2D eigenvalue weighted by atomic mass is 10.1. The maximum absolute atomic E-state index is 12.2. The van der Waals surface area contributed by atoms with Gasteiger partial charge in [-0.25, -0.2) is 13.1 Å². The van der Waals surface area contributed by atoms with Crippen LogP contribution in [0.25, 0.3) is 0 Å². The van der Waals surface area contributed by atoms with Gasteiger partial charge >= 0.3 is 0 Å². The fraction of sp³-hybridized carbons (Fsp3) is 0.462. The molecule has 1 saturated heterocycles. The van der Waals surface area contributed by atoms with E-state index >= 15 is 0 Å². The SMILES string of the molecule is NC(=S)Cc1ccc(S(=O)(=O)NCC2CCCS2)cc1. The van der Waals surface area contributed by atoms with Crippen molar-refractivity contribution in [2.75, 3.05) is 12.3 Å². The Bertz CT molecular complexity index is 564. The molecule has 0 radical (unpaired) electrons. The van der Waals surface area contributed by atoms with E-state index in [0.29, 0.717) is 23.2 Å². The van der Waals surface area contributed by atoms with Gasteiger partial charge in [-0.2, -0.15) is 11.8 Å². The van der Waals surface area contributed by atoms with Crippen LogP contribution in [0, 0.1) is 0 Å². The summed E-state index contributed by atoms with van der Waals surface area (Å²) in [5.74, 6) is 1.13.